The maximum atomic E-state index is 13.3. The summed E-state index contributed by atoms with van der Waals surface area (Å²) < 4.78 is 73.1. The monoisotopic (exact) mass is 535 g/mol. The Morgan fingerprint density at radius 1 is 1.25 bits per heavy atom. The maximum absolute atomic E-state index is 13.3. The number of piperidine rings is 1. The number of halogens is 4. The molecule has 0 aliphatic carbocycles. The summed E-state index contributed by atoms with van der Waals surface area (Å²) in [6, 6.07) is 5.51. The second kappa shape index (κ2) is 9.75. The molecule has 1 aromatic carbocycles. The molecule has 3 rings (SSSR count). The molecule has 2 aromatic rings. The fourth-order valence-corrected chi connectivity index (χ4v) is 5.24. The van der Waals surface area contributed by atoms with Gasteiger partial charge >= 0.3 is 6.18 Å². The average molecular weight is 536 g/mol. The molecule has 0 atom stereocenters. The average Bonchev–Trinajstić information content (AvgIpc) is 2.73. The first-order chi connectivity index (χ1) is 15.0. The maximum Gasteiger partial charge on any atom is 0.417 e. The quantitative estimate of drug-likeness (QED) is 0.607. The van der Waals surface area contributed by atoms with Crippen LogP contribution in [0.1, 0.15) is 35.7 Å². The lowest BCUT2D eigenvalue weighted by Crippen LogP contribution is -2.46. The molecule has 1 aromatic heterocycles. The van der Waals surface area contributed by atoms with Crippen molar-refractivity contribution in [3.8, 4) is 5.88 Å². The van der Waals surface area contributed by atoms with Crippen molar-refractivity contribution in [1.82, 2.24) is 14.6 Å². The second-order valence-corrected chi connectivity index (χ2v) is 9.74. The number of pyridine rings is 1. The minimum Gasteiger partial charge on any atom is -0.478 e. The van der Waals surface area contributed by atoms with E-state index in [0.29, 0.717) is 18.1 Å². The highest BCUT2D eigenvalue weighted by molar-refractivity contribution is 9.10. The highest BCUT2D eigenvalue weighted by Crippen LogP contribution is 2.36. The number of aromatic nitrogens is 1. The van der Waals surface area contributed by atoms with Gasteiger partial charge in [0.05, 0.1) is 22.6 Å². The zero-order chi connectivity index (χ0) is 23.5. The number of ether oxygens (including phenoxy) is 1. The minimum atomic E-state index is -4.82. The summed E-state index contributed by atoms with van der Waals surface area (Å²) in [7, 11) is -4.41. The van der Waals surface area contributed by atoms with Gasteiger partial charge in [0.25, 0.3) is 5.91 Å². The molecule has 1 N–H and O–H groups in total. The van der Waals surface area contributed by atoms with Gasteiger partial charge in [0.15, 0.2) is 0 Å². The van der Waals surface area contributed by atoms with E-state index in [1.54, 1.807) is 17.0 Å². The predicted octanol–water partition coefficient (Wildman–Crippen LogP) is 3.84. The van der Waals surface area contributed by atoms with Gasteiger partial charge in [-0.3, -0.25) is 4.79 Å². The number of benzene rings is 1. The molecule has 7 nitrogen and oxygen atoms in total. The number of likely N-dealkylation sites (tertiary alicyclic amines) is 1. The number of amides is 1. The summed E-state index contributed by atoms with van der Waals surface area (Å²) in [6.07, 6.45) is -2.87. The van der Waals surface area contributed by atoms with Gasteiger partial charge in [0, 0.05) is 35.9 Å². The Labute approximate surface area is 192 Å². The molecule has 1 amide bonds. The van der Waals surface area contributed by atoms with Crippen molar-refractivity contribution in [2.24, 2.45) is 0 Å². The van der Waals surface area contributed by atoms with Gasteiger partial charge < -0.3 is 9.64 Å². The highest BCUT2D eigenvalue weighted by atomic mass is 79.9. The van der Waals surface area contributed by atoms with E-state index in [1.807, 2.05) is 6.92 Å². The van der Waals surface area contributed by atoms with Crippen LogP contribution in [0.25, 0.3) is 0 Å². The van der Waals surface area contributed by atoms with Crippen LogP contribution < -0.4 is 9.46 Å². The molecule has 0 radical (unpaired) electrons. The van der Waals surface area contributed by atoms with E-state index in [9.17, 15) is 26.4 Å². The minimum absolute atomic E-state index is 0.124. The highest BCUT2D eigenvalue weighted by Gasteiger charge is 2.38. The third-order valence-corrected chi connectivity index (χ3v) is 6.99. The predicted molar refractivity (Wildman–Crippen MR) is 114 cm³/mol. The lowest BCUT2D eigenvalue weighted by molar-refractivity contribution is -0.139. The molecule has 0 saturated carbocycles. The van der Waals surface area contributed by atoms with Crippen molar-refractivity contribution < 1.29 is 31.1 Å². The Balaban J connectivity index is 1.65. The van der Waals surface area contributed by atoms with Crippen LogP contribution in [0.3, 0.4) is 0 Å². The molecule has 0 spiro atoms. The van der Waals surface area contributed by atoms with Gasteiger partial charge in [0.1, 0.15) is 0 Å². The zero-order valence-corrected chi connectivity index (χ0v) is 19.4. The smallest absolute Gasteiger partial charge is 0.417 e. The van der Waals surface area contributed by atoms with Gasteiger partial charge in [-0.05, 0) is 44.0 Å². The number of carbonyl (C=O) groups is 1. The molecule has 2 heterocycles. The van der Waals surface area contributed by atoms with Crippen LogP contribution in [-0.4, -0.2) is 49.9 Å². The molecule has 174 valence electrons. The van der Waals surface area contributed by atoms with Gasteiger partial charge in [-0.1, -0.05) is 15.9 Å². The van der Waals surface area contributed by atoms with E-state index in [4.69, 9.17) is 4.74 Å². The van der Waals surface area contributed by atoms with Crippen molar-refractivity contribution in [2.75, 3.05) is 19.7 Å². The van der Waals surface area contributed by atoms with Crippen molar-refractivity contribution in [2.45, 2.75) is 36.9 Å². The first kappa shape index (κ1) is 24.5. The molecule has 12 heteroatoms. The molecule has 0 unspecified atom stereocenters. The van der Waals surface area contributed by atoms with Crippen LogP contribution in [0.15, 0.2) is 45.9 Å². The van der Waals surface area contributed by atoms with E-state index in [2.05, 4.69) is 25.6 Å². The summed E-state index contributed by atoms with van der Waals surface area (Å²) in [5, 5.41) is 0. The summed E-state index contributed by atoms with van der Waals surface area (Å²) in [5.74, 6) is 0.150. The van der Waals surface area contributed by atoms with Crippen LogP contribution in [0.5, 0.6) is 5.88 Å². The van der Waals surface area contributed by atoms with E-state index >= 15 is 0 Å². The molecule has 1 aliphatic heterocycles. The van der Waals surface area contributed by atoms with E-state index < -0.39 is 32.7 Å². The Hall–Kier alpha value is -2.18. The first-order valence-electron chi connectivity index (χ1n) is 9.78. The van der Waals surface area contributed by atoms with Crippen LogP contribution in [-0.2, 0) is 16.2 Å². The van der Waals surface area contributed by atoms with E-state index in [0.717, 1.165) is 12.1 Å². The number of nitrogens with one attached hydrogen (secondary N) is 1. The van der Waals surface area contributed by atoms with Crippen LogP contribution in [0.2, 0.25) is 0 Å². The summed E-state index contributed by atoms with van der Waals surface area (Å²) in [4.78, 5) is 17.4. The SMILES string of the molecule is CCOc1ccc(C(=O)N2CCC(NS(=O)(=O)c3ccc(Br)cc3C(F)(F)F)CC2)cn1. The van der Waals surface area contributed by atoms with Crippen molar-refractivity contribution in [3.63, 3.8) is 0 Å². The molecule has 32 heavy (non-hydrogen) atoms. The number of carbonyl (C=O) groups excluding carboxylic acids is 1. The fraction of sp³-hybridized carbons (Fsp3) is 0.400. The topological polar surface area (TPSA) is 88.6 Å². The fourth-order valence-electron chi connectivity index (χ4n) is 3.36. The number of nitrogens with zero attached hydrogens (tertiary/aromatic N) is 2. The first-order valence-corrected chi connectivity index (χ1v) is 12.1. The third-order valence-electron chi connectivity index (χ3n) is 4.92. The van der Waals surface area contributed by atoms with Crippen molar-refractivity contribution >= 4 is 31.9 Å². The number of alkyl halides is 3. The van der Waals surface area contributed by atoms with Gasteiger partial charge in [-0.2, -0.15) is 13.2 Å². The summed E-state index contributed by atoms with van der Waals surface area (Å²) >= 11 is 2.94. The number of hydrogen-bond acceptors (Lipinski definition) is 5. The van der Waals surface area contributed by atoms with Crippen LogP contribution >= 0.6 is 15.9 Å². The lowest BCUT2D eigenvalue weighted by Gasteiger charge is -2.32. The zero-order valence-electron chi connectivity index (χ0n) is 17.0. The van der Waals surface area contributed by atoms with Crippen LogP contribution in [0, 0.1) is 0 Å². The Bertz CT molecular complexity index is 1070. The molecular weight excluding hydrogens is 515 g/mol. The summed E-state index contributed by atoms with van der Waals surface area (Å²) in [5.41, 5.74) is -0.868. The number of rotatable bonds is 6. The molecule has 1 aliphatic rings. The molecule has 1 saturated heterocycles. The van der Waals surface area contributed by atoms with Crippen molar-refractivity contribution in [1.29, 1.82) is 0 Å². The largest absolute Gasteiger partial charge is 0.478 e. The van der Waals surface area contributed by atoms with Gasteiger partial charge in [-0.15, -0.1) is 0 Å². The Morgan fingerprint density at radius 2 is 1.94 bits per heavy atom. The Kier molecular flexibility index (Phi) is 7.46. The number of hydrogen-bond donors (Lipinski definition) is 1. The Morgan fingerprint density at radius 3 is 2.50 bits per heavy atom. The number of sulfonamides is 1. The normalized spacial score (nSPS) is 15.6. The molecule has 1 fully saturated rings. The molecular formula is C20H21BrF3N3O4S. The van der Waals surface area contributed by atoms with Gasteiger partial charge in [0.2, 0.25) is 15.9 Å². The third kappa shape index (κ3) is 5.78. The van der Waals surface area contributed by atoms with E-state index in [-0.39, 0.29) is 36.3 Å². The summed E-state index contributed by atoms with van der Waals surface area (Å²) in [6.45, 7) is 2.78. The second-order valence-electron chi connectivity index (χ2n) is 7.14. The lowest BCUT2D eigenvalue weighted by atomic mass is 10.1. The van der Waals surface area contributed by atoms with Crippen molar-refractivity contribution in [3.05, 3.63) is 52.1 Å². The van der Waals surface area contributed by atoms with Crippen LogP contribution in [0.4, 0.5) is 13.2 Å². The molecule has 0 bridgehead atoms. The standard InChI is InChI=1S/C20H21BrF3N3O4S/c1-2-31-18-6-3-13(12-25-18)19(28)27-9-7-15(8-10-27)26-32(29,30)17-5-4-14(21)11-16(17)20(22,23)24/h3-6,11-12,15,26H,2,7-10H2,1H3. The van der Waals surface area contributed by atoms with E-state index in [1.165, 1.54) is 12.3 Å². The van der Waals surface area contributed by atoms with Gasteiger partial charge in [-0.25, -0.2) is 18.1 Å².